The summed E-state index contributed by atoms with van der Waals surface area (Å²) in [5, 5.41) is 7.53. The third-order valence-electron chi connectivity index (χ3n) is 21.8. The molecule has 0 spiro atoms. The van der Waals surface area contributed by atoms with Crippen LogP contribution in [0.5, 0.6) is 0 Å². The van der Waals surface area contributed by atoms with Gasteiger partial charge in [0.2, 0.25) is 57.0 Å². The molecule has 0 aliphatic carbocycles. The molecule has 20 rings (SSSR count). The summed E-state index contributed by atoms with van der Waals surface area (Å²) in [5.41, 5.74) is 22.4. The normalized spacial score (nSPS) is 15.6. The van der Waals surface area contributed by atoms with Gasteiger partial charge in [-0.15, -0.1) is 0 Å². The number of benzene rings is 5. The molecule has 118 heavy (non-hydrogen) atoms. The summed E-state index contributed by atoms with van der Waals surface area (Å²) in [6, 6.07) is 49.1. The van der Waals surface area contributed by atoms with Crippen LogP contribution in [-0.4, -0.2) is 24.9 Å². The van der Waals surface area contributed by atoms with Crippen LogP contribution in [0.4, 0.5) is 0 Å². The lowest BCUT2D eigenvalue weighted by molar-refractivity contribution is -0.660. The Hall–Kier alpha value is -13.4. The highest BCUT2D eigenvalue weighted by atomic mass is 16.4. The van der Waals surface area contributed by atoms with Crippen molar-refractivity contribution in [3.8, 4) is 56.3 Å². The number of fused-ring (bicyclic) bond motifs is 15. The first-order valence-electron chi connectivity index (χ1n) is 49.4. The smallest absolute Gasteiger partial charge is 0.227 e. The van der Waals surface area contributed by atoms with Gasteiger partial charge >= 0.3 is 0 Å². The molecule has 0 radical (unpaired) electrons. The van der Waals surface area contributed by atoms with Crippen LogP contribution in [0.3, 0.4) is 0 Å². The third-order valence-corrected chi connectivity index (χ3v) is 21.8. The molecule has 0 amide bonds. The van der Waals surface area contributed by atoms with Crippen LogP contribution < -0.4 is 22.8 Å². The zero-order valence-corrected chi connectivity index (χ0v) is 68.1. The summed E-state index contributed by atoms with van der Waals surface area (Å²) in [7, 11) is 9.27. The van der Waals surface area contributed by atoms with Gasteiger partial charge in [0.05, 0.1) is 27.8 Å². The van der Waals surface area contributed by atoms with E-state index in [2.05, 4.69) is 142 Å². The van der Waals surface area contributed by atoms with Crippen molar-refractivity contribution in [2.24, 2.45) is 35.2 Å². The van der Waals surface area contributed by atoms with Gasteiger partial charge in [0.15, 0.2) is 58.9 Å². The molecule has 20 aromatic rings. The summed E-state index contributed by atoms with van der Waals surface area (Å²) >= 11 is 0. The number of hydrogen-bond acceptors (Lipinski definition) is 10. The summed E-state index contributed by atoms with van der Waals surface area (Å²) in [4.78, 5) is 21.8. The number of hydrogen-bond donors (Lipinski definition) is 0. The molecule has 0 saturated carbocycles. The van der Waals surface area contributed by atoms with E-state index in [1.807, 2.05) is 45.9 Å². The number of nitrogens with zero attached hydrogens (tertiary/aromatic N) is 10. The van der Waals surface area contributed by atoms with E-state index in [9.17, 15) is 0 Å². The Morgan fingerprint density at radius 2 is 0.703 bits per heavy atom. The monoisotopic (exact) mass is 1580 g/mol. The van der Waals surface area contributed by atoms with Crippen molar-refractivity contribution in [2.45, 2.75) is 123 Å². The van der Waals surface area contributed by atoms with Crippen LogP contribution in [0.25, 0.3) is 167 Å². The van der Waals surface area contributed by atoms with Crippen LogP contribution in [-0.2, 0) is 35.2 Å². The number of aromatic nitrogens is 10. The maximum atomic E-state index is 8.66. The Kier molecular flexibility index (Phi) is 14.9. The van der Waals surface area contributed by atoms with Gasteiger partial charge in [-0.05, 0) is 244 Å². The molecule has 1 atom stereocenters. The summed E-state index contributed by atoms with van der Waals surface area (Å²) < 4.78 is 214. The van der Waals surface area contributed by atoms with Crippen LogP contribution >= 0.6 is 0 Å². The van der Waals surface area contributed by atoms with E-state index in [4.69, 9.17) is 52.2 Å². The lowest BCUT2D eigenvalue weighted by Gasteiger charge is -2.13. The Morgan fingerprint density at radius 1 is 0.305 bits per heavy atom. The average molecular weight is 1580 g/mol. The highest BCUT2D eigenvalue weighted by Gasteiger charge is 2.29. The van der Waals surface area contributed by atoms with Crippen molar-refractivity contribution in [1.29, 1.82) is 0 Å². The zero-order valence-electron chi connectivity index (χ0n) is 90.1. The SMILES string of the molecule is Cc1ccc(-c2c(C)ccc3c2oc2nc(C)ccc23)[n+](C)c1.Cc1ccc2c(n1)oc1c(-c3cccc[n+]3C)c(C)ccc12.[2H]C([2H])([2H])c1c[n+](C)c(-c2c(C)cc(C([2H])([2H])[2H])c3c2oc2ncccc23)cc1C.[2H]C([2H])([2H])c1c[n+](C)c(-c2c(C)cc(C([2H])([2H])[2H])c3c2oc2ncccc23)cc1C([2H])(C)C([2H])([2H])[2H].[2H]C([2H])([2H])c1ccc(-c2c(C)cc(C([2H])([2H])[2H])c3c2oc2ncccc23)[n+](C)c1. The van der Waals surface area contributed by atoms with E-state index in [1.54, 1.807) is 136 Å². The molecule has 0 saturated heterocycles. The van der Waals surface area contributed by atoms with Crippen molar-refractivity contribution in [3.63, 3.8) is 0 Å². The van der Waals surface area contributed by atoms with Gasteiger partial charge in [-0.25, -0.2) is 47.8 Å². The minimum absolute atomic E-state index is 0.0836. The molecule has 0 bridgehead atoms. The quantitative estimate of drug-likeness (QED) is 0.147. The molecule has 588 valence electrons. The molecule has 15 aromatic heterocycles. The van der Waals surface area contributed by atoms with Crippen molar-refractivity contribution >= 4 is 110 Å². The maximum absolute atomic E-state index is 8.66. The van der Waals surface area contributed by atoms with Crippen LogP contribution in [0.2, 0.25) is 0 Å². The first kappa shape index (κ1) is 56.0. The second-order valence-corrected chi connectivity index (χ2v) is 30.3. The first-order valence-corrected chi connectivity index (χ1v) is 38.4. The van der Waals surface area contributed by atoms with Crippen molar-refractivity contribution in [3.05, 3.63) is 297 Å². The fourth-order valence-electron chi connectivity index (χ4n) is 16.0. The first-order chi connectivity index (χ1) is 65.4. The van der Waals surface area contributed by atoms with Crippen molar-refractivity contribution in [1.82, 2.24) is 24.9 Å². The number of pyridine rings is 10. The Balaban J connectivity index is 0.000000127. The molecule has 15 heterocycles. The highest BCUT2D eigenvalue weighted by molar-refractivity contribution is 6.14. The van der Waals surface area contributed by atoms with Crippen LogP contribution in [0, 0.1) is 103 Å². The van der Waals surface area contributed by atoms with Crippen LogP contribution in [0.1, 0.15) is 139 Å². The van der Waals surface area contributed by atoms with Crippen molar-refractivity contribution < 1.29 is 75.1 Å². The summed E-state index contributed by atoms with van der Waals surface area (Å²) in [6.07, 6.45) is 13.4. The Labute approximate surface area is 718 Å². The van der Waals surface area contributed by atoms with E-state index in [0.29, 0.717) is 94.3 Å². The molecule has 0 aliphatic heterocycles. The van der Waals surface area contributed by atoms with E-state index in [0.717, 1.165) is 94.7 Å². The third kappa shape index (κ3) is 14.3. The largest absolute Gasteiger partial charge is 0.437 e. The molecule has 0 aliphatic rings. The molecular weight excluding hydrogens is 1460 g/mol. The average Bonchev–Trinajstić information content (AvgIpc) is 1.50. The lowest BCUT2D eigenvalue weighted by atomic mass is 9.93. The fraction of sp³-hybridized carbons (Fsp3) is 0.223. The van der Waals surface area contributed by atoms with Gasteiger partial charge in [0.25, 0.3) is 0 Å². The predicted molar refractivity (Wildman–Crippen MR) is 476 cm³/mol. The fourth-order valence-corrected chi connectivity index (χ4v) is 16.0. The minimum Gasteiger partial charge on any atom is -0.437 e. The maximum Gasteiger partial charge on any atom is 0.227 e. The van der Waals surface area contributed by atoms with E-state index < -0.39 is 53.9 Å². The van der Waals surface area contributed by atoms with E-state index in [1.165, 1.54) is 52.7 Å². The van der Waals surface area contributed by atoms with Gasteiger partial charge in [-0.1, -0.05) is 56.2 Å². The molecule has 15 heteroatoms. The zero-order chi connectivity index (χ0) is 102. The standard InChI is InChI=1S/C23H25N2O.C21H21N2O.2C20H19N2O.C19H17N2O/c1-13(2)18-11-19(25(6)12-16(18)5)21-15(4)10-14(3)20-17-8-7-9-24-23(17)26-22(20)21;1-12-10-17(23(5)11-15(12)4)19-14(3)9-13(2)18-16-7-6-8-22-21(16)24-20(18)19;1-12-5-10-17(22(4)11-12)18-13(2)6-8-15-16-9-7-14(3)21-20(16)23-19(15)18;1-12-7-8-16(22(4)11-12)18-14(3)10-13(2)17-15-6-5-9-21-20(15)23-19(17)18;1-12-7-9-14-15-10-8-13(2)20-19(15)22-18(14)17(12)16-6-4-5-11-21(16)3/h7-13H,1-6H3;6-11H,1-5H3;2*5-11H,1-4H3;4-11H,1-3H3/q5*+1/i1D3,3D3,5D3,13D;2D3,4D3;;1D3,2D3;. The van der Waals surface area contributed by atoms with Gasteiger partial charge in [0, 0.05) is 173 Å². The van der Waals surface area contributed by atoms with Crippen LogP contribution in [0.15, 0.2) is 229 Å². The molecule has 0 fully saturated rings. The summed E-state index contributed by atoms with van der Waals surface area (Å²) in [6.45, 7) is 1.58. The van der Waals surface area contributed by atoms with E-state index in [-0.39, 0.29) is 50.2 Å². The predicted octanol–water partition coefficient (Wildman–Crippen LogP) is 23.1. The molecule has 0 N–H and O–H groups in total. The molecule has 1 unspecified atom stereocenters. The van der Waals surface area contributed by atoms with Gasteiger partial charge in [-0.2, -0.15) is 0 Å². The second-order valence-electron chi connectivity index (χ2n) is 30.3. The van der Waals surface area contributed by atoms with Gasteiger partial charge in [0.1, 0.15) is 35.2 Å². The van der Waals surface area contributed by atoms with Gasteiger partial charge in [-0.3, -0.25) is 0 Å². The van der Waals surface area contributed by atoms with Gasteiger partial charge < -0.3 is 22.1 Å². The van der Waals surface area contributed by atoms with E-state index >= 15 is 0 Å². The topological polar surface area (TPSA) is 150 Å². The Bertz CT molecular complexity index is 8380. The number of aryl methyl sites for hydroxylation is 20. The highest BCUT2D eigenvalue weighted by Crippen LogP contribution is 2.44. The Morgan fingerprint density at radius 3 is 1.14 bits per heavy atom. The molecule has 5 aromatic carbocycles. The number of rotatable bonds is 6. The summed E-state index contributed by atoms with van der Waals surface area (Å²) in [5.74, 6) is -2.24. The number of furan rings is 5. The minimum atomic E-state index is -2.82. The lowest BCUT2D eigenvalue weighted by Crippen LogP contribution is -2.32. The molecule has 15 nitrogen and oxygen atoms in total. The molecular formula is C103H101N10O5+5. The van der Waals surface area contributed by atoms with Crippen molar-refractivity contribution in [2.75, 3.05) is 0 Å². The second kappa shape index (κ2) is 31.3.